The van der Waals surface area contributed by atoms with E-state index < -0.39 is 10.0 Å². The average molecular weight is 386 g/mol. The van der Waals surface area contributed by atoms with Crippen molar-refractivity contribution in [3.8, 4) is 5.75 Å². The molecule has 114 valence electrons. The number of rotatable bonds is 4. The zero-order valence-corrected chi connectivity index (χ0v) is 14.5. The number of ether oxygens (including phenoxy) is 1. The highest BCUT2D eigenvalue weighted by Gasteiger charge is 2.33. The molecule has 1 aliphatic rings. The first-order chi connectivity index (χ1) is 8.98. The third-order valence-corrected chi connectivity index (χ3v) is 5.68. The molecule has 0 saturated carbocycles. The zero-order chi connectivity index (χ0) is 14.0. The summed E-state index contributed by atoms with van der Waals surface area (Å²) in [5.41, 5.74) is 0. The van der Waals surface area contributed by atoms with Gasteiger partial charge in [0.15, 0.2) is 0 Å². The van der Waals surface area contributed by atoms with Gasteiger partial charge in [0.1, 0.15) is 10.6 Å². The highest BCUT2D eigenvalue weighted by Crippen LogP contribution is 2.31. The number of benzene rings is 1. The highest BCUT2D eigenvalue weighted by molar-refractivity contribution is 9.10. The number of methoxy groups -OCH3 is 1. The summed E-state index contributed by atoms with van der Waals surface area (Å²) in [6.07, 6.45) is 0.825. The number of sulfonamides is 1. The quantitative estimate of drug-likeness (QED) is 0.859. The van der Waals surface area contributed by atoms with Crippen LogP contribution in [0.5, 0.6) is 5.75 Å². The lowest BCUT2D eigenvalue weighted by atomic mass is 10.3. The molecule has 0 aromatic heterocycles. The number of likely N-dealkylation sites (N-methyl/N-ethyl adjacent to an activating group) is 1. The maximum absolute atomic E-state index is 12.6. The van der Waals surface area contributed by atoms with E-state index in [9.17, 15) is 8.42 Å². The molecule has 0 aliphatic carbocycles. The lowest BCUT2D eigenvalue weighted by molar-refractivity contribution is 0.397. The van der Waals surface area contributed by atoms with Crippen molar-refractivity contribution in [3.63, 3.8) is 0 Å². The third kappa shape index (κ3) is 3.46. The topological polar surface area (TPSA) is 58.6 Å². The fraction of sp³-hybridized carbons (Fsp3) is 0.500. The summed E-state index contributed by atoms with van der Waals surface area (Å²) < 4.78 is 32.6. The van der Waals surface area contributed by atoms with Crippen molar-refractivity contribution in [2.24, 2.45) is 0 Å². The van der Waals surface area contributed by atoms with Crippen LogP contribution in [0.15, 0.2) is 27.6 Å². The van der Waals surface area contributed by atoms with Gasteiger partial charge in [-0.1, -0.05) is 15.9 Å². The Morgan fingerprint density at radius 2 is 2.15 bits per heavy atom. The Bertz CT molecular complexity index is 568. The SMILES string of the molecule is CNC1CCN(S(=O)(=O)c2cc(Br)ccc2OC)C1.Cl. The minimum Gasteiger partial charge on any atom is -0.495 e. The van der Waals surface area contributed by atoms with E-state index in [2.05, 4.69) is 21.2 Å². The lowest BCUT2D eigenvalue weighted by Gasteiger charge is -2.18. The molecule has 8 heteroatoms. The van der Waals surface area contributed by atoms with E-state index in [1.807, 2.05) is 7.05 Å². The van der Waals surface area contributed by atoms with Crippen LogP contribution < -0.4 is 10.1 Å². The summed E-state index contributed by atoms with van der Waals surface area (Å²) >= 11 is 3.30. The Labute approximate surface area is 134 Å². The van der Waals surface area contributed by atoms with E-state index >= 15 is 0 Å². The van der Waals surface area contributed by atoms with Crippen molar-refractivity contribution in [1.29, 1.82) is 0 Å². The van der Waals surface area contributed by atoms with Crippen molar-refractivity contribution in [1.82, 2.24) is 9.62 Å². The molecule has 0 amide bonds. The molecule has 1 aromatic rings. The standard InChI is InChI=1S/C12H17BrN2O3S.ClH/c1-14-10-5-6-15(8-10)19(16,17)12-7-9(13)3-4-11(12)18-2;/h3-4,7,10,14H,5-6,8H2,1-2H3;1H. The van der Waals surface area contributed by atoms with Crippen molar-refractivity contribution in [2.75, 3.05) is 27.2 Å². The van der Waals surface area contributed by atoms with E-state index in [1.54, 1.807) is 18.2 Å². The van der Waals surface area contributed by atoms with Crippen LogP contribution in [0.4, 0.5) is 0 Å². The second-order valence-electron chi connectivity index (χ2n) is 4.43. The van der Waals surface area contributed by atoms with Crippen molar-refractivity contribution >= 4 is 38.4 Å². The minimum absolute atomic E-state index is 0. The molecule has 1 heterocycles. The maximum Gasteiger partial charge on any atom is 0.246 e. The number of hydrogen-bond donors (Lipinski definition) is 1. The van der Waals surface area contributed by atoms with Gasteiger partial charge in [-0.25, -0.2) is 8.42 Å². The number of nitrogens with zero attached hydrogens (tertiary/aromatic N) is 1. The third-order valence-electron chi connectivity index (χ3n) is 3.30. The largest absolute Gasteiger partial charge is 0.495 e. The molecule has 5 nitrogen and oxygen atoms in total. The monoisotopic (exact) mass is 384 g/mol. The van der Waals surface area contributed by atoms with Crippen LogP contribution >= 0.6 is 28.3 Å². The summed E-state index contributed by atoms with van der Waals surface area (Å²) in [4.78, 5) is 0.209. The number of nitrogens with one attached hydrogen (secondary N) is 1. The molecule has 1 unspecified atom stereocenters. The van der Waals surface area contributed by atoms with Gasteiger partial charge in [0.05, 0.1) is 7.11 Å². The van der Waals surface area contributed by atoms with E-state index in [1.165, 1.54) is 11.4 Å². The summed E-state index contributed by atoms with van der Waals surface area (Å²) in [7, 11) is -0.186. The fourth-order valence-corrected chi connectivity index (χ4v) is 4.37. The van der Waals surface area contributed by atoms with E-state index in [4.69, 9.17) is 4.74 Å². The summed E-state index contributed by atoms with van der Waals surface area (Å²) in [6.45, 7) is 1.03. The van der Waals surface area contributed by atoms with Gasteiger partial charge < -0.3 is 10.1 Å². The lowest BCUT2D eigenvalue weighted by Crippen LogP contribution is -2.33. The Balaban J connectivity index is 0.00000200. The molecule has 20 heavy (non-hydrogen) atoms. The van der Waals surface area contributed by atoms with Gasteiger partial charge in [-0.15, -0.1) is 12.4 Å². The fourth-order valence-electron chi connectivity index (χ4n) is 2.17. The first-order valence-corrected chi connectivity index (χ1v) is 8.23. The molecule has 0 spiro atoms. The Kier molecular flexibility index (Phi) is 6.27. The van der Waals surface area contributed by atoms with Crippen molar-refractivity contribution in [2.45, 2.75) is 17.4 Å². The molecular formula is C12H18BrClN2O3S. The Morgan fingerprint density at radius 1 is 1.45 bits per heavy atom. The van der Waals surface area contributed by atoms with Gasteiger partial charge in [-0.05, 0) is 31.7 Å². The first kappa shape index (κ1) is 17.7. The van der Waals surface area contributed by atoms with E-state index in [0.717, 1.165) is 10.9 Å². The number of halogens is 2. The molecule has 2 rings (SSSR count). The van der Waals surface area contributed by atoms with Crippen molar-refractivity contribution < 1.29 is 13.2 Å². The normalized spacial score (nSPS) is 19.6. The van der Waals surface area contributed by atoms with Crippen LogP contribution in [0.25, 0.3) is 0 Å². The molecule has 0 bridgehead atoms. The molecule has 1 fully saturated rings. The van der Waals surface area contributed by atoms with Crippen LogP contribution in [0.1, 0.15) is 6.42 Å². The molecular weight excluding hydrogens is 368 g/mol. The maximum atomic E-state index is 12.6. The second-order valence-corrected chi connectivity index (χ2v) is 7.25. The highest BCUT2D eigenvalue weighted by atomic mass is 79.9. The Hall–Kier alpha value is -0.340. The van der Waals surface area contributed by atoms with Crippen LogP contribution in [-0.4, -0.2) is 46.0 Å². The van der Waals surface area contributed by atoms with Gasteiger partial charge in [-0.2, -0.15) is 4.31 Å². The molecule has 0 radical (unpaired) electrons. The van der Waals surface area contributed by atoms with Crippen LogP contribution in [0, 0.1) is 0 Å². The molecule has 1 atom stereocenters. The van der Waals surface area contributed by atoms with E-state index in [-0.39, 0.29) is 23.3 Å². The van der Waals surface area contributed by atoms with Crippen LogP contribution in [0.3, 0.4) is 0 Å². The average Bonchev–Trinajstić information content (AvgIpc) is 2.88. The zero-order valence-electron chi connectivity index (χ0n) is 11.3. The predicted molar refractivity (Wildman–Crippen MR) is 84.2 cm³/mol. The molecule has 1 saturated heterocycles. The van der Waals surface area contributed by atoms with Crippen LogP contribution in [-0.2, 0) is 10.0 Å². The molecule has 1 aromatic carbocycles. The first-order valence-electron chi connectivity index (χ1n) is 6.00. The minimum atomic E-state index is -3.51. The van der Waals surface area contributed by atoms with Gasteiger partial charge in [0, 0.05) is 23.6 Å². The van der Waals surface area contributed by atoms with Crippen LogP contribution in [0.2, 0.25) is 0 Å². The summed E-state index contributed by atoms with van der Waals surface area (Å²) in [5, 5.41) is 3.11. The summed E-state index contributed by atoms with van der Waals surface area (Å²) in [5.74, 6) is 0.371. The van der Waals surface area contributed by atoms with Gasteiger partial charge in [-0.3, -0.25) is 0 Å². The molecule has 1 aliphatic heterocycles. The summed E-state index contributed by atoms with van der Waals surface area (Å²) in [6, 6.07) is 5.22. The van der Waals surface area contributed by atoms with Crippen molar-refractivity contribution in [3.05, 3.63) is 22.7 Å². The van der Waals surface area contributed by atoms with Gasteiger partial charge >= 0.3 is 0 Å². The van der Waals surface area contributed by atoms with E-state index in [0.29, 0.717) is 18.8 Å². The predicted octanol–water partition coefficient (Wildman–Crippen LogP) is 1.86. The number of hydrogen-bond acceptors (Lipinski definition) is 4. The second kappa shape index (κ2) is 7.09. The smallest absolute Gasteiger partial charge is 0.246 e. The molecule has 1 N–H and O–H groups in total. The van der Waals surface area contributed by atoms with Gasteiger partial charge in [0.25, 0.3) is 0 Å². The van der Waals surface area contributed by atoms with Gasteiger partial charge in [0.2, 0.25) is 10.0 Å². The Morgan fingerprint density at radius 3 is 2.70 bits per heavy atom.